The van der Waals surface area contributed by atoms with E-state index in [0.717, 1.165) is 5.56 Å². The standard InChI is InChI=1S/C15H14N2O2S/c1-2-12-4-3-5-14(10-12)17-20(18,19)15-8-6-13(11-16)7-9-15/h1,3-10,17H,11,16H2. The van der Waals surface area contributed by atoms with Gasteiger partial charge in [-0.15, -0.1) is 6.42 Å². The first kappa shape index (κ1) is 14.1. The minimum atomic E-state index is -3.62. The Morgan fingerprint density at radius 2 is 1.85 bits per heavy atom. The number of hydrogen-bond donors (Lipinski definition) is 2. The Balaban J connectivity index is 2.28. The van der Waals surface area contributed by atoms with E-state index in [9.17, 15) is 8.42 Å². The number of hydrogen-bond acceptors (Lipinski definition) is 3. The summed E-state index contributed by atoms with van der Waals surface area (Å²) in [4.78, 5) is 0.181. The highest BCUT2D eigenvalue weighted by Crippen LogP contribution is 2.17. The molecule has 20 heavy (non-hydrogen) atoms. The molecule has 0 atom stereocenters. The summed E-state index contributed by atoms with van der Waals surface area (Å²) < 4.78 is 26.9. The molecule has 2 aromatic carbocycles. The van der Waals surface area contributed by atoms with Gasteiger partial charge in [-0.2, -0.15) is 0 Å². The molecule has 0 radical (unpaired) electrons. The van der Waals surface area contributed by atoms with E-state index in [0.29, 0.717) is 17.8 Å². The summed E-state index contributed by atoms with van der Waals surface area (Å²) in [7, 11) is -3.62. The average molecular weight is 286 g/mol. The van der Waals surface area contributed by atoms with Crippen molar-refractivity contribution in [3.63, 3.8) is 0 Å². The van der Waals surface area contributed by atoms with E-state index in [1.54, 1.807) is 36.4 Å². The zero-order valence-corrected chi connectivity index (χ0v) is 11.5. The van der Waals surface area contributed by atoms with Crippen LogP contribution in [-0.2, 0) is 16.6 Å². The molecule has 0 saturated heterocycles. The van der Waals surface area contributed by atoms with Crippen molar-refractivity contribution in [1.82, 2.24) is 0 Å². The first-order valence-electron chi connectivity index (χ1n) is 5.93. The smallest absolute Gasteiger partial charge is 0.261 e. The van der Waals surface area contributed by atoms with Crippen LogP contribution in [0.5, 0.6) is 0 Å². The number of terminal acetylenes is 1. The van der Waals surface area contributed by atoms with Crippen molar-refractivity contribution in [1.29, 1.82) is 0 Å². The molecule has 0 aliphatic heterocycles. The zero-order chi connectivity index (χ0) is 14.6. The van der Waals surface area contributed by atoms with Gasteiger partial charge in [0.05, 0.1) is 10.6 Å². The van der Waals surface area contributed by atoms with E-state index in [1.807, 2.05) is 0 Å². The molecular weight excluding hydrogens is 272 g/mol. The van der Waals surface area contributed by atoms with Crippen molar-refractivity contribution in [2.24, 2.45) is 5.73 Å². The first-order chi connectivity index (χ1) is 9.55. The van der Waals surface area contributed by atoms with Crippen molar-refractivity contribution in [2.45, 2.75) is 11.4 Å². The fourth-order valence-electron chi connectivity index (χ4n) is 1.69. The van der Waals surface area contributed by atoms with Gasteiger partial charge in [0.25, 0.3) is 10.0 Å². The summed E-state index contributed by atoms with van der Waals surface area (Å²) in [6.45, 7) is 0.373. The average Bonchev–Trinajstić information content (AvgIpc) is 2.47. The fraction of sp³-hybridized carbons (Fsp3) is 0.0667. The molecule has 2 rings (SSSR count). The lowest BCUT2D eigenvalue weighted by atomic mass is 10.2. The van der Waals surface area contributed by atoms with Crippen molar-refractivity contribution < 1.29 is 8.42 Å². The van der Waals surface area contributed by atoms with E-state index in [2.05, 4.69) is 10.6 Å². The molecule has 0 bridgehead atoms. The van der Waals surface area contributed by atoms with Crippen molar-refractivity contribution in [3.8, 4) is 12.3 Å². The van der Waals surface area contributed by atoms with Gasteiger partial charge in [0, 0.05) is 12.1 Å². The monoisotopic (exact) mass is 286 g/mol. The van der Waals surface area contributed by atoms with Gasteiger partial charge < -0.3 is 5.73 Å². The lowest BCUT2D eigenvalue weighted by molar-refractivity contribution is 0.601. The molecule has 0 fully saturated rings. The van der Waals surface area contributed by atoms with Gasteiger partial charge in [-0.25, -0.2) is 8.42 Å². The second-order valence-corrected chi connectivity index (χ2v) is 5.86. The van der Waals surface area contributed by atoms with Crippen LogP contribution in [0, 0.1) is 12.3 Å². The lowest BCUT2D eigenvalue weighted by Crippen LogP contribution is -2.13. The van der Waals surface area contributed by atoms with E-state index >= 15 is 0 Å². The Hall–Kier alpha value is -2.29. The number of nitrogens with one attached hydrogen (secondary N) is 1. The maximum absolute atomic E-state index is 12.2. The van der Waals surface area contributed by atoms with Gasteiger partial charge in [-0.05, 0) is 35.9 Å². The Kier molecular flexibility index (Phi) is 4.08. The number of sulfonamides is 1. The van der Waals surface area contributed by atoms with Gasteiger partial charge >= 0.3 is 0 Å². The molecule has 4 nitrogen and oxygen atoms in total. The Labute approximate surface area is 118 Å². The second-order valence-electron chi connectivity index (χ2n) is 4.18. The summed E-state index contributed by atoms with van der Waals surface area (Å²) in [6, 6.07) is 13.1. The summed E-state index contributed by atoms with van der Waals surface area (Å²) in [5, 5.41) is 0. The molecule has 0 aromatic heterocycles. The molecule has 0 unspecified atom stereocenters. The number of anilines is 1. The minimum absolute atomic E-state index is 0.181. The topological polar surface area (TPSA) is 72.2 Å². The predicted octanol–water partition coefficient (Wildman–Crippen LogP) is 1.93. The molecule has 5 heteroatoms. The van der Waals surface area contributed by atoms with Crippen LogP contribution in [0.4, 0.5) is 5.69 Å². The number of benzene rings is 2. The number of nitrogens with two attached hydrogens (primary N) is 1. The molecule has 2 aromatic rings. The van der Waals surface area contributed by atoms with Crippen LogP contribution in [0.2, 0.25) is 0 Å². The van der Waals surface area contributed by atoms with E-state index in [4.69, 9.17) is 12.2 Å². The quantitative estimate of drug-likeness (QED) is 0.844. The summed E-state index contributed by atoms with van der Waals surface area (Å²) in [6.07, 6.45) is 5.29. The molecule has 102 valence electrons. The first-order valence-corrected chi connectivity index (χ1v) is 7.42. The highest BCUT2D eigenvalue weighted by molar-refractivity contribution is 7.92. The van der Waals surface area contributed by atoms with Gasteiger partial charge in [0.2, 0.25) is 0 Å². The Bertz CT molecular complexity index is 744. The van der Waals surface area contributed by atoms with Gasteiger partial charge in [0.1, 0.15) is 0 Å². The molecule has 0 aliphatic rings. The molecule has 3 N–H and O–H groups in total. The maximum Gasteiger partial charge on any atom is 0.261 e. The van der Waals surface area contributed by atoms with Gasteiger partial charge in [-0.1, -0.05) is 24.1 Å². The van der Waals surface area contributed by atoms with Crippen LogP contribution in [0.15, 0.2) is 53.4 Å². The van der Waals surface area contributed by atoms with Gasteiger partial charge in [-0.3, -0.25) is 4.72 Å². The van der Waals surface area contributed by atoms with Gasteiger partial charge in [0.15, 0.2) is 0 Å². The largest absolute Gasteiger partial charge is 0.326 e. The molecule has 0 amide bonds. The SMILES string of the molecule is C#Cc1cccc(NS(=O)(=O)c2ccc(CN)cc2)c1. The fourth-order valence-corrected chi connectivity index (χ4v) is 2.74. The molecule has 0 aliphatic carbocycles. The Morgan fingerprint density at radius 3 is 2.45 bits per heavy atom. The predicted molar refractivity (Wildman–Crippen MR) is 79.5 cm³/mol. The minimum Gasteiger partial charge on any atom is -0.326 e. The van der Waals surface area contributed by atoms with Crippen molar-refractivity contribution >= 4 is 15.7 Å². The Morgan fingerprint density at radius 1 is 1.15 bits per heavy atom. The van der Waals surface area contributed by atoms with E-state index in [-0.39, 0.29) is 4.90 Å². The van der Waals surface area contributed by atoms with Crippen LogP contribution >= 0.6 is 0 Å². The maximum atomic E-state index is 12.2. The highest BCUT2D eigenvalue weighted by atomic mass is 32.2. The van der Waals surface area contributed by atoms with Crippen LogP contribution in [-0.4, -0.2) is 8.42 Å². The third-order valence-corrected chi connectivity index (χ3v) is 4.15. The third kappa shape index (κ3) is 3.18. The molecule has 0 saturated carbocycles. The van der Waals surface area contributed by atoms with Crippen LogP contribution in [0.25, 0.3) is 0 Å². The van der Waals surface area contributed by atoms with Crippen molar-refractivity contribution in [2.75, 3.05) is 4.72 Å². The summed E-state index contributed by atoms with van der Waals surface area (Å²) >= 11 is 0. The second kappa shape index (κ2) is 5.78. The van der Waals surface area contributed by atoms with Crippen LogP contribution < -0.4 is 10.5 Å². The van der Waals surface area contributed by atoms with Crippen LogP contribution in [0.3, 0.4) is 0 Å². The molecular formula is C15H14N2O2S. The third-order valence-electron chi connectivity index (χ3n) is 2.75. The summed E-state index contributed by atoms with van der Waals surface area (Å²) in [5.74, 6) is 2.46. The van der Waals surface area contributed by atoms with Crippen molar-refractivity contribution in [3.05, 3.63) is 59.7 Å². The molecule has 0 heterocycles. The number of rotatable bonds is 4. The normalized spacial score (nSPS) is 10.8. The van der Waals surface area contributed by atoms with E-state index in [1.165, 1.54) is 12.1 Å². The van der Waals surface area contributed by atoms with Crippen LogP contribution in [0.1, 0.15) is 11.1 Å². The molecule has 0 spiro atoms. The summed E-state index contributed by atoms with van der Waals surface area (Å²) in [5.41, 5.74) is 7.40. The lowest BCUT2D eigenvalue weighted by Gasteiger charge is -2.09. The zero-order valence-electron chi connectivity index (χ0n) is 10.7. The highest BCUT2D eigenvalue weighted by Gasteiger charge is 2.13. The van der Waals surface area contributed by atoms with E-state index < -0.39 is 10.0 Å².